The Morgan fingerprint density at radius 1 is 1.53 bits per heavy atom. The molecule has 0 atom stereocenters. The molecule has 6 heteroatoms. The predicted molar refractivity (Wildman–Crippen MR) is 69.8 cm³/mol. The van der Waals surface area contributed by atoms with Gasteiger partial charge in [0.05, 0.1) is 23.3 Å². The first-order valence-electron chi connectivity index (χ1n) is 6.18. The molecule has 2 heterocycles. The molecule has 0 aliphatic rings. The standard InChI is InChI=1S/C13H17N3O3/c1-8(2)16(4-5-17)13(18)10-6-11-9(3)15-19-12(11)14-7-10/h6-8,17H,4-5H2,1-3H3. The van der Waals surface area contributed by atoms with Crippen LogP contribution in [-0.4, -0.2) is 45.2 Å². The maximum atomic E-state index is 12.4. The van der Waals surface area contributed by atoms with E-state index in [-0.39, 0.29) is 18.6 Å². The van der Waals surface area contributed by atoms with Crippen LogP contribution in [0.15, 0.2) is 16.8 Å². The van der Waals surface area contributed by atoms with Crippen molar-refractivity contribution < 1.29 is 14.4 Å². The normalized spacial score (nSPS) is 11.2. The zero-order chi connectivity index (χ0) is 14.0. The number of aryl methyl sites for hydroxylation is 1. The molecule has 2 rings (SSSR count). The molecule has 19 heavy (non-hydrogen) atoms. The lowest BCUT2D eigenvalue weighted by Gasteiger charge is -2.25. The summed E-state index contributed by atoms with van der Waals surface area (Å²) in [6.45, 7) is 5.85. The van der Waals surface area contributed by atoms with Crippen molar-refractivity contribution in [3.8, 4) is 0 Å². The summed E-state index contributed by atoms with van der Waals surface area (Å²) >= 11 is 0. The second-order valence-electron chi connectivity index (χ2n) is 4.66. The number of carbonyl (C=O) groups excluding carboxylic acids is 1. The molecule has 0 unspecified atom stereocenters. The Morgan fingerprint density at radius 2 is 2.26 bits per heavy atom. The van der Waals surface area contributed by atoms with Gasteiger partial charge in [0.2, 0.25) is 0 Å². The second kappa shape index (κ2) is 5.36. The number of pyridine rings is 1. The van der Waals surface area contributed by atoms with Gasteiger partial charge in [0.15, 0.2) is 0 Å². The third kappa shape index (κ3) is 2.58. The second-order valence-corrected chi connectivity index (χ2v) is 4.66. The molecule has 0 radical (unpaired) electrons. The highest BCUT2D eigenvalue weighted by Gasteiger charge is 2.19. The van der Waals surface area contributed by atoms with Gasteiger partial charge in [0.25, 0.3) is 11.6 Å². The van der Waals surface area contributed by atoms with Gasteiger partial charge in [-0.15, -0.1) is 0 Å². The summed E-state index contributed by atoms with van der Waals surface area (Å²) in [5, 5.41) is 13.6. The number of hydrogen-bond donors (Lipinski definition) is 1. The van der Waals surface area contributed by atoms with Gasteiger partial charge in [-0.05, 0) is 26.8 Å². The van der Waals surface area contributed by atoms with Crippen LogP contribution in [0, 0.1) is 6.92 Å². The van der Waals surface area contributed by atoms with Crippen molar-refractivity contribution in [1.29, 1.82) is 0 Å². The highest BCUT2D eigenvalue weighted by molar-refractivity contribution is 5.97. The molecule has 0 fully saturated rings. The third-order valence-electron chi connectivity index (χ3n) is 2.98. The van der Waals surface area contributed by atoms with E-state index in [1.54, 1.807) is 17.9 Å². The summed E-state index contributed by atoms with van der Waals surface area (Å²) in [5.41, 5.74) is 1.60. The molecular weight excluding hydrogens is 246 g/mol. The van der Waals surface area contributed by atoms with E-state index in [0.717, 1.165) is 5.39 Å². The first kappa shape index (κ1) is 13.5. The lowest BCUT2D eigenvalue weighted by Crippen LogP contribution is -2.39. The topological polar surface area (TPSA) is 79.5 Å². The first-order chi connectivity index (χ1) is 9.04. The lowest BCUT2D eigenvalue weighted by molar-refractivity contribution is 0.0665. The van der Waals surface area contributed by atoms with E-state index in [1.165, 1.54) is 6.20 Å². The maximum Gasteiger partial charge on any atom is 0.257 e. The van der Waals surface area contributed by atoms with E-state index >= 15 is 0 Å². The van der Waals surface area contributed by atoms with E-state index < -0.39 is 0 Å². The van der Waals surface area contributed by atoms with Crippen LogP contribution in [0.25, 0.3) is 11.1 Å². The molecule has 1 N–H and O–H groups in total. The van der Waals surface area contributed by atoms with Gasteiger partial charge >= 0.3 is 0 Å². The molecule has 0 aliphatic carbocycles. The highest BCUT2D eigenvalue weighted by Crippen LogP contribution is 2.18. The van der Waals surface area contributed by atoms with Crippen LogP contribution in [0.3, 0.4) is 0 Å². The number of amides is 1. The first-order valence-corrected chi connectivity index (χ1v) is 6.18. The summed E-state index contributed by atoms with van der Waals surface area (Å²) in [5.74, 6) is -0.154. The molecule has 0 aliphatic heterocycles. The molecule has 0 saturated carbocycles. The molecular formula is C13H17N3O3. The zero-order valence-corrected chi connectivity index (χ0v) is 11.3. The summed E-state index contributed by atoms with van der Waals surface area (Å²) < 4.78 is 5.01. The summed E-state index contributed by atoms with van der Waals surface area (Å²) in [7, 11) is 0. The van der Waals surface area contributed by atoms with Gasteiger partial charge in [-0.25, -0.2) is 4.98 Å². The van der Waals surface area contributed by atoms with Crippen LogP contribution < -0.4 is 0 Å². The Balaban J connectivity index is 2.36. The average Bonchev–Trinajstić information content (AvgIpc) is 2.76. The quantitative estimate of drug-likeness (QED) is 0.901. The fourth-order valence-electron chi connectivity index (χ4n) is 1.93. The van der Waals surface area contributed by atoms with E-state index in [0.29, 0.717) is 23.5 Å². The van der Waals surface area contributed by atoms with Crippen LogP contribution in [-0.2, 0) is 0 Å². The number of hydrogen-bond acceptors (Lipinski definition) is 5. The van der Waals surface area contributed by atoms with Crippen molar-refractivity contribution in [2.24, 2.45) is 0 Å². The SMILES string of the molecule is Cc1noc2ncc(C(=O)N(CCO)C(C)C)cc12. The number of aliphatic hydroxyl groups is 1. The van der Waals surface area contributed by atoms with E-state index in [1.807, 2.05) is 13.8 Å². The predicted octanol–water partition coefficient (Wildman–Crippen LogP) is 1.37. The number of aromatic nitrogens is 2. The highest BCUT2D eigenvalue weighted by atomic mass is 16.5. The fourth-order valence-corrected chi connectivity index (χ4v) is 1.93. The molecule has 0 spiro atoms. The van der Waals surface area contributed by atoms with Crippen molar-refractivity contribution >= 4 is 17.0 Å². The Morgan fingerprint density at radius 3 is 2.89 bits per heavy atom. The Labute approximate surface area is 111 Å². The fraction of sp³-hybridized carbons (Fsp3) is 0.462. The van der Waals surface area contributed by atoms with Crippen molar-refractivity contribution in [2.75, 3.05) is 13.2 Å². The molecule has 0 bridgehead atoms. The van der Waals surface area contributed by atoms with Crippen LogP contribution in [0.2, 0.25) is 0 Å². The molecule has 0 aromatic carbocycles. The molecule has 6 nitrogen and oxygen atoms in total. The molecule has 0 saturated heterocycles. The van der Waals surface area contributed by atoms with Gasteiger partial charge in [0.1, 0.15) is 0 Å². The zero-order valence-electron chi connectivity index (χ0n) is 11.3. The molecule has 102 valence electrons. The van der Waals surface area contributed by atoms with Gasteiger partial charge in [-0.3, -0.25) is 4.79 Å². The lowest BCUT2D eigenvalue weighted by atomic mass is 10.1. The van der Waals surface area contributed by atoms with Crippen molar-refractivity contribution in [2.45, 2.75) is 26.8 Å². The van der Waals surface area contributed by atoms with Crippen LogP contribution in [0.4, 0.5) is 0 Å². The summed E-state index contributed by atoms with van der Waals surface area (Å²) in [4.78, 5) is 18.1. The smallest absolute Gasteiger partial charge is 0.257 e. The van der Waals surface area contributed by atoms with Crippen molar-refractivity contribution in [3.63, 3.8) is 0 Å². The number of fused-ring (bicyclic) bond motifs is 1. The van der Waals surface area contributed by atoms with Crippen LogP contribution in [0.1, 0.15) is 29.9 Å². The van der Waals surface area contributed by atoms with E-state index in [9.17, 15) is 4.79 Å². The number of carbonyl (C=O) groups is 1. The largest absolute Gasteiger partial charge is 0.395 e. The average molecular weight is 263 g/mol. The molecule has 1 amide bonds. The Bertz CT molecular complexity index is 592. The summed E-state index contributed by atoms with van der Waals surface area (Å²) in [6.07, 6.45) is 1.47. The van der Waals surface area contributed by atoms with Crippen LogP contribution in [0.5, 0.6) is 0 Å². The van der Waals surface area contributed by atoms with Gasteiger partial charge in [0, 0.05) is 18.8 Å². The van der Waals surface area contributed by atoms with Gasteiger partial charge in [-0.1, -0.05) is 5.16 Å². The van der Waals surface area contributed by atoms with Gasteiger partial charge < -0.3 is 14.5 Å². The minimum Gasteiger partial charge on any atom is -0.395 e. The maximum absolute atomic E-state index is 12.4. The number of nitrogens with zero attached hydrogens (tertiary/aromatic N) is 3. The number of aliphatic hydroxyl groups excluding tert-OH is 1. The number of rotatable bonds is 4. The Hall–Kier alpha value is -1.95. The third-order valence-corrected chi connectivity index (χ3v) is 2.98. The van der Waals surface area contributed by atoms with E-state index in [4.69, 9.17) is 9.63 Å². The molecule has 2 aromatic heterocycles. The Kier molecular flexibility index (Phi) is 3.80. The van der Waals surface area contributed by atoms with Crippen molar-refractivity contribution in [1.82, 2.24) is 15.0 Å². The van der Waals surface area contributed by atoms with E-state index in [2.05, 4.69) is 10.1 Å². The van der Waals surface area contributed by atoms with Crippen molar-refractivity contribution in [3.05, 3.63) is 23.5 Å². The van der Waals surface area contributed by atoms with Gasteiger partial charge in [-0.2, -0.15) is 0 Å². The minimum absolute atomic E-state index is 0.0129. The molecule has 2 aromatic rings. The minimum atomic E-state index is -0.154. The van der Waals surface area contributed by atoms with Crippen LogP contribution >= 0.6 is 0 Å². The monoisotopic (exact) mass is 263 g/mol. The summed E-state index contributed by atoms with van der Waals surface area (Å²) in [6, 6.07) is 1.74.